The molecule has 1 aromatic carbocycles. The van der Waals surface area contributed by atoms with E-state index < -0.39 is 15.9 Å². The number of amides is 1. The maximum absolute atomic E-state index is 13.1. The van der Waals surface area contributed by atoms with Gasteiger partial charge < -0.3 is 14.4 Å². The molecule has 158 valence electrons. The van der Waals surface area contributed by atoms with E-state index in [4.69, 9.17) is 21.1 Å². The molecule has 9 nitrogen and oxygen atoms in total. The second-order valence-corrected chi connectivity index (χ2v) is 8.96. The Kier molecular flexibility index (Phi) is 6.06. The van der Waals surface area contributed by atoms with Gasteiger partial charge in [0.2, 0.25) is 0 Å². The van der Waals surface area contributed by atoms with Gasteiger partial charge in [-0.05, 0) is 25.0 Å². The first-order valence-corrected chi connectivity index (χ1v) is 10.8. The summed E-state index contributed by atoms with van der Waals surface area (Å²) in [5.41, 5.74) is 0.708. The van der Waals surface area contributed by atoms with Gasteiger partial charge in [0, 0.05) is 38.8 Å². The highest BCUT2D eigenvalue weighted by molar-refractivity contribution is 7.92. The van der Waals surface area contributed by atoms with Crippen LogP contribution in [-0.2, 0) is 21.8 Å². The smallest absolute Gasteiger partial charge is 0.266 e. The minimum absolute atomic E-state index is 0.0513. The predicted molar refractivity (Wildman–Crippen MR) is 108 cm³/mol. The molecule has 1 atom stereocenters. The van der Waals surface area contributed by atoms with Gasteiger partial charge in [-0.15, -0.1) is 0 Å². The van der Waals surface area contributed by atoms with Crippen LogP contribution >= 0.6 is 11.6 Å². The third-order valence-electron chi connectivity index (χ3n) is 4.55. The van der Waals surface area contributed by atoms with Crippen molar-refractivity contribution in [3.8, 4) is 5.75 Å². The number of benzene rings is 1. The van der Waals surface area contributed by atoms with Gasteiger partial charge >= 0.3 is 0 Å². The summed E-state index contributed by atoms with van der Waals surface area (Å²) in [5, 5.41) is 4.44. The van der Waals surface area contributed by atoms with Crippen LogP contribution in [0.4, 0.5) is 5.82 Å². The maximum atomic E-state index is 13.1. The standard InChI is InChI=1S/C18H23ClN4O5S/c1-22(2)18(24)12-8-11(19)9-15(17(12)27-4)29(25,26)21-16-10-13(20-23(16)3)14-6-5-7-28-14/h8-10,14,21H,5-7H2,1-4H3. The van der Waals surface area contributed by atoms with Crippen LogP contribution in [-0.4, -0.2) is 56.8 Å². The number of methoxy groups -OCH3 is 1. The average molecular weight is 443 g/mol. The first kappa shape index (κ1) is 21.4. The number of nitrogens with zero attached hydrogens (tertiary/aromatic N) is 3. The van der Waals surface area contributed by atoms with Gasteiger partial charge in [-0.1, -0.05) is 11.6 Å². The molecule has 2 aromatic rings. The van der Waals surface area contributed by atoms with E-state index in [9.17, 15) is 13.2 Å². The second-order valence-electron chi connectivity index (χ2n) is 6.87. The van der Waals surface area contributed by atoms with Crippen LogP contribution in [0.3, 0.4) is 0 Å². The van der Waals surface area contributed by atoms with Crippen LogP contribution in [0.2, 0.25) is 5.02 Å². The lowest BCUT2D eigenvalue weighted by Crippen LogP contribution is -2.24. The van der Waals surface area contributed by atoms with Crippen molar-refractivity contribution >= 4 is 33.3 Å². The molecule has 0 saturated carbocycles. The summed E-state index contributed by atoms with van der Waals surface area (Å²) in [6.45, 7) is 0.657. The summed E-state index contributed by atoms with van der Waals surface area (Å²) in [7, 11) is 1.91. The molecule has 29 heavy (non-hydrogen) atoms. The Morgan fingerprint density at radius 1 is 1.38 bits per heavy atom. The number of halogens is 1. The van der Waals surface area contributed by atoms with Crippen molar-refractivity contribution in [2.45, 2.75) is 23.8 Å². The van der Waals surface area contributed by atoms with Gasteiger partial charge in [0.1, 0.15) is 16.8 Å². The minimum atomic E-state index is -4.12. The van der Waals surface area contributed by atoms with E-state index in [1.54, 1.807) is 27.2 Å². The molecule has 1 N–H and O–H groups in total. The molecule has 3 rings (SSSR count). The summed E-state index contributed by atoms with van der Waals surface area (Å²) >= 11 is 6.11. The Bertz CT molecular complexity index is 1030. The molecular weight excluding hydrogens is 420 g/mol. The highest BCUT2D eigenvalue weighted by Crippen LogP contribution is 2.34. The molecule has 0 bridgehead atoms. The molecule has 1 aliphatic heterocycles. The number of aryl methyl sites for hydroxylation is 1. The van der Waals surface area contributed by atoms with E-state index in [2.05, 4.69) is 9.82 Å². The minimum Gasteiger partial charge on any atom is -0.494 e. The zero-order chi connectivity index (χ0) is 21.3. The number of sulfonamides is 1. The van der Waals surface area contributed by atoms with Crippen molar-refractivity contribution in [2.24, 2.45) is 7.05 Å². The Morgan fingerprint density at radius 3 is 2.69 bits per heavy atom. The van der Waals surface area contributed by atoms with Crippen molar-refractivity contribution in [1.29, 1.82) is 0 Å². The monoisotopic (exact) mass is 442 g/mol. The second kappa shape index (κ2) is 8.21. The number of rotatable bonds is 6. The summed E-state index contributed by atoms with van der Waals surface area (Å²) in [6.07, 6.45) is 1.62. The van der Waals surface area contributed by atoms with E-state index in [1.807, 2.05) is 0 Å². The largest absolute Gasteiger partial charge is 0.494 e. The van der Waals surface area contributed by atoms with Gasteiger partial charge in [-0.3, -0.25) is 14.2 Å². The number of hydrogen-bond acceptors (Lipinski definition) is 6. The van der Waals surface area contributed by atoms with E-state index >= 15 is 0 Å². The fourth-order valence-corrected chi connectivity index (χ4v) is 4.70. The highest BCUT2D eigenvalue weighted by atomic mass is 35.5. The SMILES string of the molecule is COc1c(C(=O)N(C)C)cc(Cl)cc1S(=O)(=O)Nc1cc(C2CCCO2)nn1C. The van der Waals surface area contributed by atoms with Crippen molar-refractivity contribution < 1.29 is 22.7 Å². The van der Waals surface area contributed by atoms with E-state index in [-0.39, 0.29) is 33.2 Å². The van der Waals surface area contributed by atoms with Crippen LogP contribution in [0.1, 0.15) is 35.0 Å². The van der Waals surface area contributed by atoms with E-state index in [1.165, 1.54) is 28.8 Å². The molecule has 2 heterocycles. The van der Waals surface area contributed by atoms with Crippen LogP contribution < -0.4 is 9.46 Å². The lowest BCUT2D eigenvalue weighted by molar-refractivity contribution is 0.0823. The van der Waals surface area contributed by atoms with Crippen LogP contribution in [0, 0.1) is 0 Å². The number of aromatic nitrogens is 2. The Balaban J connectivity index is 2.01. The third-order valence-corrected chi connectivity index (χ3v) is 6.13. The first-order chi connectivity index (χ1) is 13.6. The number of nitrogens with one attached hydrogen (secondary N) is 1. The average Bonchev–Trinajstić information content (AvgIpc) is 3.30. The van der Waals surface area contributed by atoms with Gasteiger partial charge in [-0.2, -0.15) is 5.10 Å². The van der Waals surface area contributed by atoms with Crippen molar-refractivity contribution in [3.05, 3.63) is 34.5 Å². The topological polar surface area (TPSA) is 103 Å². The number of ether oxygens (including phenoxy) is 2. The summed E-state index contributed by atoms with van der Waals surface area (Å²) < 4.78 is 41.0. The van der Waals surface area contributed by atoms with Gasteiger partial charge in [0.25, 0.3) is 15.9 Å². The fourth-order valence-electron chi connectivity index (χ4n) is 3.12. The van der Waals surface area contributed by atoms with Gasteiger partial charge in [-0.25, -0.2) is 8.42 Å². The molecule has 1 aromatic heterocycles. The molecule has 1 saturated heterocycles. The molecule has 11 heteroatoms. The highest BCUT2D eigenvalue weighted by Gasteiger charge is 2.28. The molecule has 1 fully saturated rings. The van der Waals surface area contributed by atoms with Crippen LogP contribution in [0.15, 0.2) is 23.1 Å². The molecule has 0 spiro atoms. The Labute approximate surface area is 174 Å². The molecule has 1 aliphatic rings. The predicted octanol–water partition coefficient (Wildman–Crippen LogP) is 2.44. The third kappa shape index (κ3) is 4.34. The Hall–Kier alpha value is -2.30. The van der Waals surface area contributed by atoms with Gasteiger partial charge in [0.05, 0.1) is 18.4 Å². The molecular formula is C18H23ClN4O5S. The normalized spacial score (nSPS) is 16.7. The molecule has 0 aliphatic carbocycles. The number of carbonyl (C=O) groups excluding carboxylic acids is 1. The lowest BCUT2D eigenvalue weighted by Gasteiger charge is -2.17. The summed E-state index contributed by atoms with van der Waals surface area (Å²) in [4.78, 5) is 13.5. The zero-order valence-corrected chi connectivity index (χ0v) is 18.2. The van der Waals surface area contributed by atoms with Crippen molar-refractivity contribution in [3.63, 3.8) is 0 Å². The number of anilines is 1. The summed E-state index contributed by atoms with van der Waals surface area (Å²) in [6, 6.07) is 4.25. The molecule has 1 unspecified atom stereocenters. The van der Waals surface area contributed by atoms with E-state index in [0.29, 0.717) is 12.3 Å². The quantitative estimate of drug-likeness (QED) is 0.737. The molecule has 0 radical (unpaired) electrons. The van der Waals surface area contributed by atoms with Crippen molar-refractivity contribution in [1.82, 2.24) is 14.7 Å². The van der Waals surface area contributed by atoms with Crippen molar-refractivity contribution in [2.75, 3.05) is 32.5 Å². The zero-order valence-electron chi connectivity index (χ0n) is 16.6. The lowest BCUT2D eigenvalue weighted by atomic mass is 10.2. The summed E-state index contributed by atoms with van der Waals surface area (Å²) in [5.74, 6) is -0.248. The maximum Gasteiger partial charge on any atom is 0.266 e. The van der Waals surface area contributed by atoms with E-state index in [0.717, 1.165) is 12.8 Å². The first-order valence-electron chi connectivity index (χ1n) is 8.91. The van der Waals surface area contributed by atoms with Gasteiger partial charge in [0.15, 0.2) is 5.75 Å². The van der Waals surface area contributed by atoms with Crippen LogP contribution in [0.5, 0.6) is 5.75 Å². The number of carbonyl (C=O) groups is 1. The molecule has 1 amide bonds. The van der Waals surface area contributed by atoms with Crippen LogP contribution in [0.25, 0.3) is 0 Å². The Morgan fingerprint density at radius 2 is 2.10 bits per heavy atom. The number of hydrogen-bond donors (Lipinski definition) is 1. The fraction of sp³-hybridized carbons (Fsp3) is 0.444.